The van der Waals surface area contributed by atoms with E-state index < -0.39 is 15.8 Å². The number of pyridine rings is 1. The molecule has 1 aromatic heterocycles. The van der Waals surface area contributed by atoms with Crippen molar-refractivity contribution in [3.05, 3.63) is 59.7 Å². The van der Waals surface area contributed by atoms with Gasteiger partial charge >= 0.3 is 5.97 Å². The molecule has 0 aliphatic carbocycles. The monoisotopic (exact) mass is 341 g/mol. The molecular weight excluding hydrogens is 326 g/mol. The third kappa shape index (κ3) is 3.02. The maximum absolute atomic E-state index is 11.7. The fraction of sp³-hybridized carbons (Fsp3) is 0.0556. The van der Waals surface area contributed by atoms with Gasteiger partial charge in [0.1, 0.15) is 9.80 Å². The second kappa shape index (κ2) is 5.74. The lowest BCUT2D eigenvalue weighted by Crippen LogP contribution is -2.03. The first-order valence-electron chi connectivity index (χ1n) is 7.10. The molecule has 1 unspecified atom stereocenters. The highest BCUT2D eigenvalue weighted by atomic mass is 32.2. The number of rotatable bonds is 3. The van der Waals surface area contributed by atoms with Crippen LogP contribution in [0.4, 0.5) is 0 Å². The first-order chi connectivity index (χ1) is 11.3. The largest absolute Gasteiger partial charge is 0.478 e. The van der Waals surface area contributed by atoms with Crippen molar-refractivity contribution < 1.29 is 18.7 Å². The Labute approximate surface area is 139 Å². The number of carboxylic acid groups (broad SMARTS) is 1. The number of benzene rings is 2. The van der Waals surface area contributed by atoms with Crippen LogP contribution in [-0.4, -0.2) is 30.7 Å². The van der Waals surface area contributed by atoms with Gasteiger partial charge < -0.3 is 9.66 Å². The molecule has 0 amide bonds. The second-order valence-corrected chi connectivity index (χ2v) is 7.30. The number of aromatic carboxylic acids is 1. The van der Waals surface area contributed by atoms with Crippen LogP contribution < -0.4 is 0 Å². The van der Waals surface area contributed by atoms with Crippen molar-refractivity contribution in [3.8, 4) is 11.3 Å². The van der Waals surface area contributed by atoms with Gasteiger partial charge in [0.15, 0.2) is 0 Å². The third-order valence-corrected chi connectivity index (χ3v) is 4.72. The van der Waals surface area contributed by atoms with Gasteiger partial charge in [0.05, 0.1) is 21.7 Å². The smallest absolute Gasteiger partial charge is 0.336 e. The van der Waals surface area contributed by atoms with E-state index >= 15 is 0 Å². The second-order valence-electron chi connectivity index (χ2n) is 5.55. The molecule has 5 nitrogen and oxygen atoms in total. The number of hydrogen-bond acceptors (Lipinski definition) is 3. The third-order valence-electron chi connectivity index (χ3n) is 3.73. The fourth-order valence-electron chi connectivity index (χ4n) is 2.45. The molecule has 0 aliphatic rings. The summed E-state index contributed by atoms with van der Waals surface area (Å²) < 4.78 is 21.3. The molecule has 6 heteroatoms. The molecule has 0 radical (unpaired) electrons. The van der Waals surface area contributed by atoms with E-state index in [9.17, 15) is 18.7 Å². The summed E-state index contributed by atoms with van der Waals surface area (Å²) in [5.74, 6) is 2.09. The molecule has 0 fully saturated rings. The topological polar surface area (TPSA) is 87.5 Å². The van der Waals surface area contributed by atoms with Crippen LogP contribution in [0.3, 0.4) is 0 Å². The average Bonchev–Trinajstić information content (AvgIpc) is 2.53. The Bertz CT molecular complexity index is 1050. The standard InChI is InChI=1S/C18H15NO4S/c1-11-3-5-12(6-4-11)17-10-15(18(20)21)14-9-13(24(2,22)23)7-8-16(14)19-17/h3-10H,2H2,1H3,(H,20,21)(H,22,23). The number of aromatic nitrogens is 1. The summed E-state index contributed by atoms with van der Waals surface area (Å²) in [6.07, 6.45) is 0. The molecule has 1 heterocycles. The van der Waals surface area contributed by atoms with E-state index in [0.29, 0.717) is 16.6 Å². The van der Waals surface area contributed by atoms with Crippen LogP contribution in [0.5, 0.6) is 0 Å². The Balaban J connectivity index is 2.29. The quantitative estimate of drug-likeness (QED) is 0.712. The number of hydrogen-bond donors (Lipinski definition) is 2. The Hall–Kier alpha value is -2.70. The number of aryl methyl sites for hydroxylation is 1. The van der Waals surface area contributed by atoms with E-state index in [0.717, 1.165) is 11.1 Å². The molecule has 2 aromatic carbocycles. The number of fused-ring (bicyclic) bond motifs is 1. The normalized spacial score (nSPS) is 13.6. The van der Waals surface area contributed by atoms with Crippen LogP contribution >= 0.6 is 0 Å². The molecule has 3 aromatic rings. The van der Waals surface area contributed by atoms with E-state index in [1.54, 1.807) is 0 Å². The Morgan fingerprint density at radius 2 is 1.79 bits per heavy atom. The number of carbonyl (C=O) groups is 1. The molecule has 0 bridgehead atoms. The highest BCUT2D eigenvalue weighted by Crippen LogP contribution is 2.27. The predicted molar refractivity (Wildman–Crippen MR) is 95.0 cm³/mol. The van der Waals surface area contributed by atoms with Gasteiger partial charge in [-0.05, 0) is 37.1 Å². The van der Waals surface area contributed by atoms with Crippen LogP contribution in [-0.2, 0) is 9.80 Å². The van der Waals surface area contributed by atoms with Gasteiger partial charge in [-0.2, -0.15) is 0 Å². The minimum atomic E-state index is -3.42. The van der Waals surface area contributed by atoms with Gasteiger partial charge in [0.25, 0.3) is 0 Å². The van der Waals surface area contributed by atoms with E-state index in [-0.39, 0.29) is 10.5 Å². The summed E-state index contributed by atoms with van der Waals surface area (Å²) in [6, 6.07) is 13.4. The Kier molecular flexibility index (Phi) is 3.87. The van der Waals surface area contributed by atoms with Crippen LogP contribution in [0.1, 0.15) is 15.9 Å². The lowest BCUT2D eigenvalue weighted by atomic mass is 10.0. The van der Waals surface area contributed by atoms with Crippen LogP contribution in [0.2, 0.25) is 0 Å². The zero-order valence-corrected chi connectivity index (χ0v) is 13.7. The van der Waals surface area contributed by atoms with Gasteiger partial charge in [0, 0.05) is 10.9 Å². The van der Waals surface area contributed by atoms with Crippen LogP contribution in [0, 0.1) is 6.92 Å². The minimum absolute atomic E-state index is 0.0288. The van der Waals surface area contributed by atoms with Crippen molar-refractivity contribution in [3.63, 3.8) is 0 Å². The minimum Gasteiger partial charge on any atom is -0.478 e. The summed E-state index contributed by atoms with van der Waals surface area (Å²) >= 11 is 0. The number of nitrogens with zero attached hydrogens (tertiary/aromatic N) is 1. The molecular formula is C18H15NO4S. The first kappa shape index (κ1) is 16.2. The molecule has 0 aliphatic heterocycles. The van der Waals surface area contributed by atoms with Gasteiger partial charge in [-0.25, -0.2) is 14.0 Å². The zero-order chi connectivity index (χ0) is 17.5. The van der Waals surface area contributed by atoms with Crippen molar-refractivity contribution in [1.82, 2.24) is 4.98 Å². The van der Waals surface area contributed by atoms with Crippen molar-refractivity contribution >= 4 is 32.5 Å². The highest BCUT2D eigenvalue weighted by Gasteiger charge is 2.15. The lowest BCUT2D eigenvalue weighted by molar-refractivity contribution is 0.0699. The van der Waals surface area contributed by atoms with Crippen molar-refractivity contribution in [1.29, 1.82) is 0 Å². The van der Waals surface area contributed by atoms with Crippen molar-refractivity contribution in [2.45, 2.75) is 11.8 Å². The lowest BCUT2D eigenvalue weighted by Gasteiger charge is -2.09. The molecule has 2 N–H and O–H groups in total. The van der Waals surface area contributed by atoms with Crippen molar-refractivity contribution in [2.24, 2.45) is 0 Å². The molecule has 0 saturated heterocycles. The summed E-state index contributed by atoms with van der Waals surface area (Å²) in [4.78, 5) is 16.2. The van der Waals surface area contributed by atoms with E-state index in [2.05, 4.69) is 10.9 Å². The maximum atomic E-state index is 11.7. The Morgan fingerprint density at radius 3 is 2.38 bits per heavy atom. The zero-order valence-electron chi connectivity index (χ0n) is 12.9. The van der Waals surface area contributed by atoms with Crippen molar-refractivity contribution in [2.75, 3.05) is 0 Å². The molecule has 3 rings (SSSR count). The first-order valence-corrected chi connectivity index (χ1v) is 8.79. The van der Waals surface area contributed by atoms with Gasteiger partial charge in [-0.15, -0.1) is 0 Å². The average molecular weight is 341 g/mol. The van der Waals surface area contributed by atoms with Gasteiger partial charge in [0.2, 0.25) is 0 Å². The molecule has 24 heavy (non-hydrogen) atoms. The van der Waals surface area contributed by atoms with Crippen LogP contribution in [0.25, 0.3) is 22.2 Å². The van der Waals surface area contributed by atoms with E-state index in [4.69, 9.17) is 0 Å². The summed E-state index contributed by atoms with van der Waals surface area (Å²) in [5.41, 5.74) is 2.90. The molecule has 1 atom stereocenters. The van der Waals surface area contributed by atoms with E-state index in [1.807, 2.05) is 31.2 Å². The van der Waals surface area contributed by atoms with Gasteiger partial charge in [-0.1, -0.05) is 29.8 Å². The highest BCUT2D eigenvalue weighted by molar-refractivity contribution is 7.95. The molecule has 122 valence electrons. The summed E-state index contributed by atoms with van der Waals surface area (Å²) in [6.45, 7) is 1.97. The fourth-order valence-corrected chi connectivity index (χ4v) is 3.04. The van der Waals surface area contributed by atoms with Crippen LogP contribution in [0.15, 0.2) is 53.4 Å². The number of carboxylic acids is 1. The predicted octanol–water partition coefficient (Wildman–Crippen LogP) is 3.46. The molecule has 0 saturated carbocycles. The molecule has 0 spiro atoms. The SMILES string of the molecule is C=S(=O)(O)c1ccc2nc(-c3ccc(C)cc3)cc(C(=O)O)c2c1. The van der Waals surface area contributed by atoms with Gasteiger partial charge in [-0.3, -0.25) is 0 Å². The summed E-state index contributed by atoms with van der Waals surface area (Å²) in [5, 5.41) is 9.82. The summed E-state index contributed by atoms with van der Waals surface area (Å²) in [7, 11) is -3.42. The Morgan fingerprint density at radius 1 is 1.12 bits per heavy atom. The maximum Gasteiger partial charge on any atom is 0.336 e. The van der Waals surface area contributed by atoms with E-state index in [1.165, 1.54) is 24.3 Å².